The molecular weight excluding hydrogens is 512 g/mol. The number of rotatable bonds is 11. The number of likely N-dealkylation sites (tertiary alicyclic amines) is 1. The maximum absolute atomic E-state index is 13.4. The van der Waals surface area contributed by atoms with E-state index in [1.807, 2.05) is 30.3 Å². The number of carbonyl (C=O) groups excluding carboxylic acids is 4. The van der Waals surface area contributed by atoms with Gasteiger partial charge in [0.05, 0.1) is 6.04 Å². The molecule has 3 aromatic rings. The van der Waals surface area contributed by atoms with Crippen LogP contribution in [-0.4, -0.2) is 78.3 Å². The summed E-state index contributed by atoms with van der Waals surface area (Å²) >= 11 is 0. The number of hydrogen-bond acceptors (Lipinski definition) is 8. The summed E-state index contributed by atoms with van der Waals surface area (Å²) in [6, 6.07) is 10.5. The quantitative estimate of drug-likeness (QED) is 0.365. The molecular formula is C28H34N8O4. The molecule has 0 spiro atoms. The van der Waals surface area contributed by atoms with Crippen molar-refractivity contribution in [1.82, 2.24) is 40.7 Å². The van der Waals surface area contributed by atoms with Crippen molar-refractivity contribution in [3.8, 4) is 0 Å². The molecule has 1 aliphatic rings. The molecule has 0 aliphatic carbocycles. The number of amides is 3. The molecule has 2 aromatic heterocycles. The molecule has 3 atom stereocenters. The van der Waals surface area contributed by atoms with Crippen molar-refractivity contribution in [3.05, 3.63) is 71.8 Å². The number of nitrogens with zero attached hydrogens (tertiary/aromatic N) is 6. The number of Topliss-reactive ketones (excluding diaryl/α,β-unsaturated/α-hetero) is 1. The summed E-state index contributed by atoms with van der Waals surface area (Å²) in [5.74, 6) is -0.818. The lowest BCUT2D eigenvalue weighted by atomic mass is 10.1. The fourth-order valence-corrected chi connectivity index (χ4v) is 4.68. The first kappa shape index (κ1) is 28.5. The maximum Gasteiger partial charge on any atom is 0.252 e. The molecule has 1 fully saturated rings. The van der Waals surface area contributed by atoms with Crippen molar-refractivity contribution in [2.75, 3.05) is 6.54 Å². The number of aromatic nitrogens is 5. The van der Waals surface area contributed by atoms with Gasteiger partial charge in [0.25, 0.3) is 5.91 Å². The van der Waals surface area contributed by atoms with Crippen LogP contribution in [0, 0.1) is 0 Å². The Morgan fingerprint density at radius 3 is 2.55 bits per heavy atom. The smallest absolute Gasteiger partial charge is 0.252 e. The van der Waals surface area contributed by atoms with Crippen LogP contribution in [-0.2, 0) is 27.3 Å². The molecule has 12 nitrogen and oxygen atoms in total. The lowest BCUT2D eigenvalue weighted by Gasteiger charge is -2.30. The number of ketones is 1. The Hall–Kier alpha value is -4.48. The van der Waals surface area contributed by atoms with Crippen molar-refractivity contribution in [1.29, 1.82) is 0 Å². The van der Waals surface area contributed by atoms with Crippen molar-refractivity contribution in [2.45, 2.75) is 70.6 Å². The number of tetrazole rings is 1. The van der Waals surface area contributed by atoms with E-state index >= 15 is 0 Å². The van der Waals surface area contributed by atoms with Gasteiger partial charge >= 0.3 is 0 Å². The first-order chi connectivity index (χ1) is 19.4. The van der Waals surface area contributed by atoms with Gasteiger partial charge in [0.15, 0.2) is 11.6 Å². The zero-order valence-electron chi connectivity index (χ0n) is 22.7. The van der Waals surface area contributed by atoms with E-state index in [1.54, 1.807) is 26.0 Å². The monoisotopic (exact) mass is 546 g/mol. The van der Waals surface area contributed by atoms with E-state index < -0.39 is 24.0 Å². The third-order valence-electron chi connectivity index (χ3n) is 7.05. The van der Waals surface area contributed by atoms with Crippen LogP contribution in [0.4, 0.5) is 0 Å². The molecule has 0 saturated carbocycles. The number of pyridine rings is 1. The molecule has 3 amide bonds. The van der Waals surface area contributed by atoms with Gasteiger partial charge in [-0.2, -0.15) is 0 Å². The van der Waals surface area contributed by atoms with Gasteiger partial charge in [-0.1, -0.05) is 37.3 Å². The first-order valence-corrected chi connectivity index (χ1v) is 13.5. The number of benzene rings is 1. The van der Waals surface area contributed by atoms with Gasteiger partial charge in [0.1, 0.15) is 18.6 Å². The van der Waals surface area contributed by atoms with E-state index in [9.17, 15) is 19.2 Å². The summed E-state index contributed by atoms with van der Waals surface area (Å²) in [5.41, 5.74) is 1.42. The minimum Gasteiger partial charge on any atom is -0.344 e. The van der Waals surface area contributed by atoms with Gasteiger partial charge in [-0.05, 0) is 60.7 Å². The predicted octanol–water partition coefficient (Wildman–Crippen LogP) is 1.32. The lowest BCUT2D eigenvalue weighted by molar-refractivity contribution is -0.141. The van der Waals surface area contributed by atoms with Crippen molar-refractivity contribution in [3.63, 3.8) is 0 Å². The molecule has 12 heteroatoms. The Morgan fingerprint density at radius 1 is 1.07 bits per heavy atom. The van der Waals surface area contributed by atoms with Crippen LogP contribution in [0.1, 0.15) is 61.3 Å². The van der Waals surface area contributed by atoms with E-state index in [0.717, 1.165) is 12.0 Å². The summed E-state index contributed by atoms with van der Waals surface area (Å²) in [4.78, 5) is 57.8. The highest BCUT2D eigenvalue weighted by molar-refractivity contribution is 5.98. The highest BCUT2D eigenvalue weighted by Crippen LogP contribution is 2.16. The fourth-order valence-electron chi connectivity index (χ4n) is 4.68. The highest BCUT2D eigenvalue weighted by Gasteiger charge is 2.35. The highest BCUT2D eigenvalue weighted by atomic mass is 16.2. The van der Waals surface area contributed by atoms with Gasteiger partial charge in [0.2, 0.25) is 11.8 Å². The van der Waals surface area contributed by atoms with Crippen molar-refractivity contribution < 1.29 is 19.2 Å². The average molecular weight is 547 g/mol. The molecule has 210 valence electrons. The minimum absolute atomic E-state index is 0.0892. The Labute approximate surface area is 232 Å². The Kier molecular flexibility index (Phi) is 9.66. The number of carbonyl (C=O) groups is 4. The van der Waals surface area contributed by atoms with Gasteiger partial charge in [0, 0.05) is 30.9 Å². The molecule has 1 aliphatic heterocycles. The largest absolute Gasteiger partial charge is 0.344 e. The van der Waals surface area contributed by atoms with Gasteiger partial charge < -0.3 is 15.5 Å². The molecule has 1 saturated heterocycles. The van der Waals surface area contributed by atoms with E-state index in [1.165, 1.54) is 22.0 Å². The Balaban J connectivity index is 1.37. The number of nitrogens with one attached hydrogen (secondary N) is 2. The zero-order chi connectivity index (χ0) is 28.5. The van der Waals surface area contributed by atoms with Gasteiger partial charge in [-0.15, -0.1) is 5.10 Å². The second kappa shape index (κ2) is 13.5. The fraction of sp³-hybridized carbons (Fsp3) is 0.429. The van der Waals surface area contributed by atoms with Crippen LogP contribution in [0.5, 0.6) is 0 Å². The summed E-state index contributed by atoms with van der Waals surface area (Å²) in [7, 11) is 0. The van der Waals surface area contributed by atoms with Crippen LogP contribution >= 0.6 is 0 Å². The molecule has 0 bridgehead atoms. The molecule has 2 unspecified atom stereocenters. The summed E-state index contributed by atoms with van der Waals surface area (Å²) < 4.78 is 1.45. The number of hydrogen-bond donors (Lipinski definition) is 2. The molecule has 0 radical (unpaired) electrons. The molecule has 4 rings (SSSR count). The lowest BCUT2D eigenvalue weighted by Crippen LogP contribution is -2.56. The second-order valence-corrected chi connectivity index (χ2v) is 9.82. The average Bonchev–Trinajstić information content (AvgIpc) is 3.32. The third-order valence-corrected chi connectivity index (χ3v) is 7.05. The van der Waals surface area contributed by atoms with Crippen molar-refractivity contribution in [2.24, 2.45) is 0 Å². The Morgan fingerprint density at radius 2 is 1.82 bits per heavy atom. The SMILES string of the molecule is CCC(NC(=O)C(C)N1CCCC[C@H](NC(=O)c2ccncc2)C1=O)C(=O)Cn1nnnc1Cc1ccccc1. The summed E-state index contributed by atoms with van der Waals surface area (Å²) in [6.07, 6.45) is 5.77. The van der Waals surface area contributed by atoms with E-state index in [4.69, 9.17) is 0 Å². The van der Waals surface area contributed by atoms with E-state index in [0.29, 0.717) is 43.6 Å². The molecule has 1 aromatic carbocycles. The molecule has 3 heterocycles. The van der Waals surface area contributed by atoms with E-state index in [-0.39, 0.29) is 24.1 Å². The molecule has 2 N–H and O–H groups in total. The Bertz CT molecular complexity index is 1310. The minimum atomic E-state index is -0.825. The summed E-state index contributed by atoms with van der Waals surface area (Å²) in [5, 5.41) is 17.3. The van der Waals surface area contributed by atoms with Crippen LogP contribution in [0.3, 0.4) is 0 Å². The zero-order valence-corrected chi connectivity index (χ0v) is 22.7. The maximum atomic E-state index is 13.4. The predicted molar refractivity (Wildman–Crippen MR) is 145 cm³/mol. The van der Waals surface area contributed by atoms with Crippen LogP contribution in [0.15, 0.2) is 54.9 Å². The van der Waals surface area contributed by atoms with Crippen molar-refractivity contribution >= 4 is 23.5 Å². The van der Waals surface area contributed by atoms with Crippen LogP contribution in [0.2, 0.25) is 0 Å². The van der Waals surface area contributed by atoms with E-state index in [2.05, 4.69) is 31.1 Å². The van der Waals surface area contributed by atoms with Crippen LogP contribution in [0.25, 0.3) is 0 Å². The normalized spacial score (nSPS) is 17.0. The van der Waals surface area contributed by atoms with Crippen LogP contribution < -0.4 is 10.6 Å². The first-order valence-electron chi connectivity index (χ1n) is 13.5. The standard InChI is InChI=1S/C28H34N8O4/c1-3-22(24(37)18-36-25(32-33-34-36)17-20-9-5-4-6-10-20)30-26(38)19(2)35-16-8-7-11-23(28(35)40)31-27(39)21-12-14-29-15-13-21/h4-6,9-10,12-15,19,22-23H,3,7-8,11,16-18H2,1-2H3,(H,30,38)(H,31,39)/t19?,22?,23-/m0/s1. The van der Waals surface area contributed by atoms with Gasteiger partial charge in [-0.3, -0.25) is 24.2 Å². The van der Waals surface area contributed by atoms with Gasteiger partial charge in [-0.25, -0.2) is 4.68 Å². The second-order valence-electron chi connectivity index (χ2n) is 9.82. The third kappa shape index (κ3) is 7.13. The molecule has 40 heavy (non-hydrogen) atoms. The summed E-state index contributed by atoms with van der Waals surface area (Å²) in [6.45, 7) is 3.73. The topological polar surface area (TPSA) is 152 Å².